The van der Waals surface area contributed by atoms with Crippen molar-refractivity contribution in [3.63, 3.8) is 0 Å². The maximum atomic E-state index is 13.9. The van der Waals surface area contributed by atoms with Crippen LogP contribution in [0.1, 0.15) is 39.9 Å². The van der Waals surface area contributed by atoms with E-state index in [1.54, 1.807) is 37.2 Å². The fourth-order valence-corrected chi connectivity index (χ4v) is 5.66. The number of benzene rings is 3. The largest absolute Gasteiger partial charge is 0.508 e. The van der Waals surface area contributed by atoms with Crippen molar-refractivity contribution in [1.29, 1.82) is 0 Å². The van der Waals surface area contributed by atoms with Crippen LogP contribution in [-0.4, -0.2) is 40.3 Å². The summed E-state index contributed by atoms with van der Waals surface area (Å²) in [6.07, 6.45) is 0.489. The maximum absolute atomic E-state index is 13.9. The second kappa shape index (κ2) is 9.24. The molecule has 0 aliphatic heterocycles. The third-order valence-electron chi connectivity index (χ3n) is 6.93. The third kappa shape index (κ3) is 4.16. The zero-order valence-electron chi connectivity index (χ0n) is 20.4. The standard InChI is InChI=1S/C29H27N3O3S/c1-29(28(35)30-25-13-14-36-31-25)17-20-9-11-21(33)16-23(20)26(29)24-15-19(27(34)32(2)3)10-12-22(24)18-7-5-4-6-8-18/h4-16,26,33H,17H2,1-3H3,(H,30,31,35)/t26-,29+/m1/s1. The lowest BCUT2D eigenvalue weighted by Crippen LogP contribution is -2.38. The van der Waals surface area contributed by atoms with Gasteiger partial charge in [0.15, 0.2) is 0 Å². The van der Waals surface area contributed by atoms with Crippen molar-refractivity contribution < 1.29 is 14.7 Å². The molecule has 5 rings (SSSR count). The van der Waals surface area contributed by atoms with Gasteiger partial charge in [-0.25, -0.2) is 0 Å². The molecule has 3 aromatic carbocycles. The Kier molecular flexibility index (Phi) is 6.10. The number of phenolic OH excluding ortho intramolecular Hbond substituents is 1. The van der Waals surface area contributed by atoms with Crippen LogP contribution >= 0.6 is 11.5 Å². The van der Waals surface area contributed by atoms with Crippen LogP contribution in [0.5, 0.6) is 5.75 Å². The Labute approximate surface area is 214 Å². The first kappa shape index (κ1) is 23.8. The van der Waals surface area contributed by atoms with Gasteiger partial charge in [-0.1, -0.05) is 42.5 Å². The van der Waals surface area contributed by atoms with Gasteiger partial charge in [0, 0.05) is 31.0 Å². The van der Waals surface area contributed by atoms with E-state index in [0.29, 0.717) is 17.8 Å². The topological polar surface area (TPSA) is 82.5 Å². The Balaban J connectivity index is 1.73. The molecule has 0 radical (unpaired) electrons. The summed E-state index contributed by atoms with van der Waals surface area (Å²) in [5, 5.41) is 15.2. The maximum Gasteiger partial charge on any atom is 0.253 e. The van der Waals surface area contributed by atoms with Crippen LogP contribution in [0.2, 0.25) is 0 Å². The SMILES string of the molecule is CN(C)C(=O)c1ccc(-c2ccccc2)c([C@H]2c3cc(O)ccc3C[C@]2(C)C(=O)Nc2ccsn2)c1. The fraction of sp³-hybridized carbons (Fsp3) is 0.207. The Morgan fingerprint density at radius 3 is 2.50 bits per heavy atom. The first-order chi connectivity index (χ1) is 17.3. The van der Waals surface area contributed by atoms with Crippen LogP contribution in [0.15, 0.2) is 78.2 Å². The second-order valence-electron chi connectivity index (χ2n) is 9.62. The molecule has 0 unspecified atom stereocenters. The highest BCUT2D eigenvalue weighted by Crippen LogP contribution is 2.54. The molecule has 1 aromatic heterocycles. The Hall–Kier alpha value is -3.97. The second-order valence-corrected chi connectivity index (χ2v) is 10.3. The zero-order valence-corrected chi connectivity index (χ0v) is 21.2. The molecule has 1 aliphatic rings. The average molecular weight is 498 g/mol. The van der Waals surface area contributed by atoms with Gasteiger partial charge in [-0.05, 0) is 83.0 Å². The van der Waals surface area contributed by atoms with Crippen LogP contribution in [0.3, 0.4) is 0 Å². The van der Waals surface area contributed by atoms with E-state index in [2.05, 4.69) is 9.69 Å². The number of carbonyl (C=O) groups is 2. The normalized spacial score (nSPS) is 18.5. The molecule has 2 atom stereocenters. The molecule has 1 aliphatic carbocycles. The average Bonchev–Trinajstić information content (AvgIpc) is 3.49. The van der Waals surface area contributed by atoms with Gasteiger partial charge in [-0.15, -0.1) is 0 Å². The summed E-state index contributed by atoms with van der Waals surface area (Å²) in [6, 6.07) is 22.7. The van der Waals surface area contributed by atoms with E-state index in [1.807, 2.05) is 66.9 Å². The Bertz CT molecular complexity index is 1430. The van der Waals surface area contributed by atoms with Crippen molar-refractivity contribution in [1.82, 2.24) is 9.27 Å². The van der Waals surface area contributed by atoms with E-state index in [0.717, 1.165) is 27.8 Å². The van der Waals surface area contributed by atoms with Crippen LogP contribution in [0, 0.1) is 5.41 Å². The summed E-state index contributed by atoms with van der Waals surface area (Å²) < 4.78 is 4.26. The number of nitrogens with one attached hydrogen (secondary N) is 1. The summed E-state index contributed by atoms with van der Waals surface area (Å²) in [5.41, 5.74) is 4.35. The Morgan fingerprint density at radius 2 is 1.81 bits per heavy atom. The highest BCUT2D eigenvalue weighted by atomic mass is 32.1. The molecular formula is C29H27N3O3S. The quantitative estimate of drug-likeness (QED) is 0.379. The number of nitrogens with zero attached hydrogens (tertiary/aromatic N) is 2. The lowest BCUT2D eigenvalue weighted by Gasteiger charge is -2.32. The van der Waals surface area contributed by atoms with Gasteiger partial charge < -0.3 is 15.3 Å². The fourth-order valence-electron chi connectivity index (χ4n) is 5.18. The molecule has 0 saturated heterocycles. The number of rotatable bonds is 5. The number of aromatic nitrogens is 1. The summed E-state index contributed by atoms with van der Waals surface area (Å²) in [5.74, 6) is -0.00676. The molecule has 4 aromatic rings. The van der Waals surface area contributed by atoms with Crippen molar-refractivity contribution in [3.8, 4) is 16.9 Å². The minimum Gasteiger partial charge on any atom is -0.508 e. The molecule has 36 heavy (non-hydrogen) atoms. The van der Waals surface area contributed by atoms with Gasteiger partial charge in [-0.3, -0.25) is 9.59 Å². The first-order valence-corrected chi connectivity index (χ1v) is 12.6. The molecule has 182 valence electrons. The van der Waals surface area contributed by atoms with Gasteiger partial charge in [0.25, 0.3) is 5.91 Å². The van der Waals surface area contributed by atoms with E-state index in [-0.39, 0.29) is 17.6 Å². The molecule has 7 heteroatoms. The molecule has 0 saturated carbocycles. The highest BCUT2D eigenvalue weighted by Gasteiger charge is 2.49. The number of fused-ring (bicyclic) bond motifs is 1. The van der Waals surface area contributed by atoms with Crippen molar-refractivity contribution in [2.75, 3.05) is 19.4 Å². The summed E-state index contributed by atoms with van der Waals surface area (Å²) >= 11 is 1.28. The van der Waals surface area contributed by atoms with Crippen molar-refractivity contribution in [3.05, 3.63) is 100 Å². The summed E-state index contributed by atoms with van der Waals surface area (Å²) in [6.45, 7) is 1.95. The van der Waals surface area contributed by atoms with E-state index < -0.39 is 11.3 Å². The monoisotopic (exact) mass is 497 g/mol. The molecule has 0 spiro atoms. The number of aromatic hydroxyl groups is 1. The highest BCUT2D eigenvalue weighted by molar-refractivity contribution is 7.03. The smallest absolute Gasteiger partial charge is 0.253 e. The molecular weight excluding hydrogens is 470 g/mol. The Morgan fingerprint density at radius 1 is 1.03 bits per heavy atom. The zero-order chi connectivity index (χ0) is 25.4. The summed E-state index contributed by atoms with van der Waals surface area (Å²) in [7, 11) is 3.45. The molecule has 0 bridgehead atoms. The predicted octanol–water partition coefficient (Wildman–Crippen LogP) is 5.55. The van der Waals surface area contributed by atoms with Gasteiger partial charge in [0.1, 0.15) is 11.6 Å². The molecule has 1 heterocycles. The predicted molar refractivity (Wildman–Crippen MR) is 142 cm³/mol. The lowest BCUT2D eigenvalue weighted by molar-refractivity contribution is -0.125. The van der Waals surface area contributed by atoms with Gasteiger partial charge in [-0.2, -0.15) is 4.37 Å². The van der Waals surface area contributed by atoms with Crippen LogP contribution < -0.4 is 5.32 Å². The van der Waals surface area contributed by atoms with E-state index >= 15 is 0 Å². The number of amides is 2. The van der Waals surface area contributed by atoms with Crippen molar-refractivity contribution in [2.45, 2.75) is 19.3 Å². The van der Waals surface area contributed by atoms with Crippen LogP contribution in [-0.2, 0) is 11.2 Å². The third-order valence-corrected chi connectivity index (χ3v) is 7.49. The van der Waals surface area contributed by atoms with E-state index in [1.165, 1.54) is 11.5 Å². The van der Waals surface area contributed by atoms with Crippen molar-refractivity contribution in [2.24, 2.45) is 5.41 Å². The van der Waals surface area contributed by atoms with Crippen LogP contribution in [0.4, 0.5) is 5.82 Å². The van der Waals surface area contributed by atoms with Crippen molar-refractivity contribution >= 4 is 29.2 Å². The van der Waals surface area contributed by atoms with E-state index in [9.17, 15) is 14.7 Å². The van der Waals surface area contributed by atoms with Gasteiger partial charge >= 0.3 is 0 Å². The molecule has 2 N–H and O–H groups in total. The van der Waals surface area contributed by atoms with Gasteiger partial charge in [0.2, 0.25) is 5.91 Å². The number of hydrogen-bond acceptors (Lipinski definition) is 5. The minimum absolute atomic E-state index is 0.112. The lowest BCUT2D eigenvalue weighted by atomic mass is 9.71. The number of hydrogen-bond donors (Lipinski definition) is 2. The summed E-state index contributed by atoms with van der Waals surface area (Å²) in [4.78, 5) is 28.4. The van der Waals surface area contributed by atoms with E-state index in [4.69, 9.17) is 0 Å². The number of carbonyl (C=O) groups excluding carboxylic acids is 2. The number of anilines is 1. The first-order valence-electron chi connectivity index (χ1n) is 11.7. The molecule has 6 nitrogen and oxygen atoms in total. The molecule has 2 amide bonds. The van der Waals surface area contributed by atoms with Gasteiger partial charge in [0.05, 0.1) is 5.41 Å². The minimum atomic E-state index is -0.886. The number of phenols is 1. The molecule has 0 fully saturated rings. The van der Waals surface area contributed by atoms with Crippen LogP contribution in [0.25, 0.3) is 11.1 Å².